The average molecular weight is 322 g/mol. The number of carbonyl (C=O) groups excluding carboxylic acids is 3. The first-order chi connectivity index (χ1) is 10.9. The summed E-state index contributed by atoms with van der Waals surface area (Å²) in [5, 5.41) is 5.09. The molecule has 0 aliphatic heterocycles. The van der Waals surface area contributed by atoms with E-state index in [4.69, 9.17) is 4.74 Å². The molecule has 1 aromatic rings. The molecule has 2 N–H and O–H groups in total. The molecule has 1 rings (SSSR count). The van der Waals surface area contributed by atoms with Crippen molar-refractivity contribution in [2.45, 2.75) is 26.8 Å². The molecule has 0 aliphatic carbocycles. The fourth-order valence-corrected chi connectivity index (χ4v) is 1.90. The second kappa shape index (κ2) is 8.77. The highest BCUT2D eigenvalue weighted by Crippen LogP contribution is 2.16. The highest BCUT2D eigenvalue weighted by Gasteiger charge is 2.25. The molecule has 126 valence electrons. The molecule has 0 saturated carbocycles. The number of ether oxygens (including phenoxy) is 2. The molecule has 0 aromatic heterocycles. The van der Waals surface area contributed by atoms with Crippen LogP contribution in [0.4, 0.5) is 10.5 Å². The van der Waals surface area contributed by atoms with Crippen LogP contribution in [0.15, 0.2) is 24.3 Å². The monoisotopic (exact) mass is 322 g/mol. The molecule has 0 aliphatic rings. The Morgan fingerprint density at radius 1 is 1.17 bits per heavy atom. The quantitative estimate of drug-likeness (QED) is 0.783. The van der Waals surface area contributed by atoms with Crippen LogP contribution in [0.1, 0.15) is 31.1 Å². The average Bonchev–Trinajstić information content (AvgIpc) is 2.52. The Morgan fingerprint density at radius 2 is 1.83 bits per heavy atom. The minimum Gasteiger partial charge on any atom is -0.467 e. The maximum absolute atomic E-state index is 12.1. The molecular weight excluding hydrogens is 300 g/mol. The molecule has 1 atom stereocenters. The molecule has 0 bridgehead atoms. The minimum atomic E-state index is -0.783. The lowest BCUT2D eigenvalue weighted by molar-refractivity contribution is -0.143. The summed E-state index contributed by atoms with van der Waals surface area (Å²) < 4.78 is 9.60. The van der Waals surface area contributed by atoms with E-state index in [1.165, 1.54) is 7.11 Å². The number of rotatable bonds is 6. The minimum absolute atomic E-state index is 0.145. The largest absolute Gasteiger partial charge is 0.467 e. The Hall–Kier alpha value is -2.57. The summed E-state index contributed by atoms with van der Waals surface area (Å²) in [6.45, 7) is 5.50. The van der Waals surface area contributed by atoms with Crippen molar-refractivity contribution in [2.75, 3.05) is 19.0 Å². The third-order valence-electron chi connectivity index (χ3n) is 3.08. The molecule has 1 aromatic carbocycles. The van der Waals surface area contributed by atoms with Crippen molar-refractivity contribution in [2.24, 2.45) is 5.92 Å². The molecule has 0 saturated heterocycles. The first-order valence-corrected chi connectivity index (χ1v) is 7.32. The molecule has 23 heavy (non-hydrogen) atoms. The van der Waals surface area contributed by atoms with Gasteiger partial charge in [-0.2, -0.15) is 0 Å². The van der Waals surface area contributed by atoms with Gasteiger partial charge in [0.15, 0.2) is 0 Å². The SMILES string of the molecule is CCOC(=O)c1ccccc1NC(=O)NC(C(=O)OC)C(C)C. The van der Waals surface area contributed by atoms with E-state index in [0.29, 0.717) is 5.69 Å². The zero-order valence-corrected chi connectivity index (χ0v) is 13.7. The van der Waals surface area contributed by atoms with E-state index in [1.54, 1.807) is 45.0 Å². The first-order valence-electron chi connectivity index (χ1n) is 7.32. The van der Waals surface area contributed by atoms with E-state index in [2.05, 4.69) is 15.4 Å². The number of carbonyl (C=O) groups is 3. The van der Waals surface area contributed by atoms with Crippen LogP contribution in [0.25, 0.3) is 0 Å². The van der Waals surface area contributed by atoms with E-state index < -0.39 is 24.0 Å². The van der Waals surface area contributed by atoms with Gasteiger partial charge in [0.2, 0.25) is 0 Å². The van der Waals surface area contributed by atoms with Crippen molar-refractivity contribution in [1.29, 1.82) is 0 Å². The number of hydrogen-bond donors (Lipinski definition) is 2. The second-order valence-corrected chi connectivity index (χ2v) is 5.11. The van der Waals surface area contributed by atoms with Gasteiger partial charge >= 0.3 is 18.0 Å². The van der Waals surface area contributed by atoms with E-state index in [-0.39, 0.29) is 18.1 Å². The van der Waals surface area contributed by atoms with Crippen LogP contribution in [-0.4, -0.2) is 37.7 Å². The van der Waals surface area contributed by atoms with Crippen molar-refractivity contribution in [3.63, 3.8) is 0 Å². The van der Waals surface area contributed by atoms with Gasteiger partial charge in [-0.25, -0.2) is 14.4 Å². The van der Waals surface area contributed by atoms with E-state index in [9.17, 15) is 14.4 Å². The molecule has 0 radical (unpaired) electrons. The number of methoxy groups -OCH3 is 1. The molecule has 0 heterocycles. The zero-order chi connectivity index (χ0) is 17.4. The summed E-state index contributed by atoms with van der Waals surface area (Å²) in [4.78, 5) is 35.6. The van der Waals surface area contributed by atoms with Crippen molar-refractivity contribution < 1.29 is 23.9 Å². The Morgan fingerprint density at radius 3 is 2.39 bits per heavy atom. The summed E-state index contributed by atoms with van der Waals surface area (Å²) in [6.07, 6.45) is 0. The fourth-order valence-electron chi connectivity index (χ4n) is 1.90. The van der Waals surface area contributed by atoms with Gasteiger partial charge in [-0.05, 0) is 25.0 Å². The van der Waals surface area contributed by atoms with Gasteiger partial charge in [0, 0.05) is 0 Å². The maximum atomic E-state index is 12.1. The van der Waals surface area contributed by atoms with Crippen molar-refractivity contribution >= 4 is 23.7 Å². The Kier molecular flexibility index (Phi) is 7.05. The molecule has 2 amide bonds. The number of anilines is 1. The van der Waals surface area contributed by atoms with E-state index >= 15 is 0 Å². The summed E-state index contributed by atoms with van der Waals surface area (Å²) in [5.41, 5.74) is 0.541. The van der Waals surface area contributed by atoms with Crippen LogP contribution < -0.4 is 10.6 Å². The van der Waals surface area contributed by atoms with E-state index in [0.717, 1.165) is 0 Å². The predicted octanol–water partition coefficient (Wildman–Crippen LogP) is 2.18. The van der Waals surface area contributed by atoms with Gasteiger partial charge in [-0.15, -0.1) is 0 Å². The predicted molar refractivity (Wildman–Crippen MR) is 85.2 cm³/mol. The summed E-state index contributed by atoms with van der Waals surface area (Å²) in [7, 11) is 1.26. The van der Waals surface area contributed by atoms with Crippen LogP contribution in [0, 0.1) is 5.92 Å². The smallest absolute Gasteiger partial charge is 0.340 e. The Bertz CT molecular complexity index is 571. The van der Waals surface area contributed by atoms with Gasteiger partial charge in [0.25, 0.3) is 0 Å². The van der Waals surface area contributed by atoms with Gasteiger partial charge in [0.05, 0.1) is 25.0 Å². The molecule has 0 fully saturated rings. The van der Waals surface area contributed by atoms with Gasteiger partial charge in [-0.3, -0.25) is 0 Å². The number of esters is 2. The number of nitrogens with one attached hydrogen (secondary N) is 2. The molecule has 7 nitrogen and oxygen atoms in total. The molecule has 0 spiro atoms. The van der Waals surface area contributed by atoms with Gasteiger partial charge in [-0.1, -0.05) is 26.0 Å². The summed E-state index contributed by atoms with van der Waals surface area (Å²) in [5.74, 6) is -1.21. The third-order valence-corrected chi connectivity index (χ3v) is 3.08. The third kappa shape index (κ3) is 5.28. The lowest BCUT2D eigenvalue weighted by Gasteiger charge is -2.20. The topological polar surface area (TPSA) is 93.7 Å². The Balaban J connectivity index is 2.85. The molecule has 7 heteroatoms. The van der Waals surface area contributed by atoms with Crippen molar-refractivity contribution in [3.8, 4) is 0 Å². The zero-order valence-electron chi connectivity index (χ0n) is 13.7. The fraction of sp³-hybridized carbons (Fsp3) is 0.438. The van der Waals surface area contributed by atoms with Crippen molar-refractivity contribution in [3.05, 3.63) is 29.8 Å². The highest BCUT2D eigenvalue weighted by atomic mass is 16.5. The highest BCUT2D eigenvalue weighted by molar-refractivity contribution is 6.01. The number of urea groups is 1. The van der Waals surface area contributed by atoms with Crippen LogP contribution >= 0.6 is 0 Å². The summed E-state index contributed by atoms with van der Waals surface area (Å²) in [6, 6.07) is 5.09. The number of benzene rings is 1. The first kappa shape index (κ1) is 18.5. The van der Waals surface area contributed by atoms with Gasteiger partial charge < -0.3 is 20.1 Å². The van der Waals surface area contributed by atoms with Gasteiger partial charge in [0.1, 0.15) is 6.04 Å². The lowest BCUT2D eigenvalue weighted by atomic mass is 10.1. The maximum Gasteiger partial charge on any atom is 0.340 e. The summed E-state index contributed by atoms with van der Waals surface area (Å²) >= 11 is 0. The van der Waals surface area contributed by atoms with Crippen molar-refractivity contribution in [1.82, 2.24) is 5.32 Å². The van der Waals surface area contributed by atoms with E-state index in [1.807, 2.05) is 0 Å². The Labute approximate surface area is 135 Å². The number of hydrogen-bond acceptors (Lipinski definition) is 5. The molecular formula is C16H22N2O5. The van der Waals surface area contributed by atoms with Crippen LogP contribution in [0.2, 0.25) is 0 Å². The molecule has 1 unspecified atom stereocenters. The standard InChI is InChI=1S/C16H22N2O5/c1-5-23-14(19)11-8-6-7-9-12(11)17-16(21)18-13(10(2)3)15(20)22-4/h6-10,13H,5H2,1-4H3,(H2,17,18,21). The van der Waals surface area contributed by atoms with Crippen LogP contribution in [0.5, 0.6) is 0 Å². The second-order valence-electron chi connectivity index (χ2n) is 5.11. The lowest BCUT2D eigenvalue weighted by Crippen LogP contribution is -2.46. The number of amides is 2. The van der Waals surface area contributed by atoms with Crippen LogP contribution in [-0.2, 0) is 14.3 Å². The normalized spacial score (nSPS) is 11.5. The van der Waals surface area contributed by atoms with Crippen LogP contribution in [0.3, 0.4) is 0 Å². The number of para-hydroxylation sites is 1.